The number of aliphatic carboxylic acids is 1. The second-order valence-electron chi connectivity index (χ2n) is 4.02. The van der Waals surface area contributed by atoms with Crippen LogP contribution in [0.1, 0.15) is 19.8 Å². The van der Waals surface area contributed by atoms with Crippen molar-refractivity contribution < 1.29 is 27.9 Å². The minimum Gasteiger partial charge on any atom is -0.481 e. The van der Waals surface area contributed by atoms with Gasteiger partial charge in [0.1, 0.15) is 0 Å². The van der Waals surface area contributed by atoms with E-state index in [1.807, 2.05) is 0 Å². The van der Waals surface area contributed by atoms with Crippen LogP contribution in [0.5, 0.6) is 0 Å². The fourth-order valence-corrected chi connectivity index (χ4v) is 2.61. The molecule has 0 heterocycles. The fraction of sp³-hybridized carbons (Fsp3) is 0.800. The Labute approximate surface area is 107 Å². The third-order valence-electron chi connectivity index (χ3n) is 2.40. The third kappa shape index (κ3) is 5.97. The second-order valence-corrected chi connectivity index (χ2v) is 6.21. The largest absolute Gasteiger partial charge is 0.481 e. The van der Waals surface area contributed by atoms with Gasteiger partial charge in [0.25, 0.3) is 0 Å². The molecule has 18 heavy (non-hydrogen) atoms. The van der Waals surface area contributed by atoms with Crippen LogP contribution in [0.3, 0.4) is 0 Å². The summed E-state index contributed by atoms with van der Waals surface area (Å²) >= 11 is 0. The maximum Gasteiger partial charge on any atom is 0.309 e. The Balaban J connectivity index is 4.34. The molecule has 0 aromatic heterocycles. The molecule has 0 saturated carbocycles. The highest BCUT2D eigenvalue weighted by Gasteiger charge is 2.23. The number of nitrogens with zero attached hydrogens (tertiary/aromatic N) is 1. The molecule has 0 spiro atoms. The molecule has 1 atom stereocenters. The molecule has 7 nitrogen and oxygen atoms in total. The quantitative estimate of drug-likeness (QED) is 0.625. The zero-order valence-corrected chi connectivity index (χ0v) is 11.6. The lowest BCUT2D eigenvalue weighted by Crippen LogP contribution is -2.35. The van der Waals surface area contributed by atoms with Gasteiger partial charge in [0, 0.05) is 20.0 Å². The Morgan fingerprint density at radius 2 is 1.94 bits per heavy atom. The summed E-state index contributed by atoms with van der Waals surface area (Å²) in [5, 5.41) is 8.43. The zero-order chi connectivity index (χ0) is 14.3. The van der Waals surface area contributed by atoms with Crippen LogP contribution in [0.25, 0.3) is 0 Å². The number of carbonyl (C=O) groups excluding carboxylic acids is 1. The van der Waals surface area contributed by atoms with Crippen LogP contribution in [0, 0.1) is 5.92 Å². The van der Waals surface area contributed by atoms with Crippen LogP contribution in [-0.4, -0.2) is 56.2 Å². The second kappa shape index (κ2) is 7.32. The molecular weight excluding hydrogens is 262 g/mol. The maximum absolute atomic E-state index is 11.7. The van der Waals surface area contributed by atoms with Crippen molar-refractivity contribution in [2.75, 3.05) is 26.5 Å². The van der Waals surface area contributed by atoms with Crippen LogP contribution >= 0.6 is 0 Å². The van der Waals surface area contributed by atoms with Crippen LogP contribution in [0.4, 0.5) is 0 Å². The van der Waals surface area contributed by atoms with Gasteiger partial charge in [-0.3, -0.25) is 9.59 Å². The molecule has 1 unspecified atom stereocenters. The topological polar surface area (TPSA) is 101 Å². The lowest BCUT2D eigenvalue weighted by Gasteiger charge is -2.19. The summed E-state index contributed by atoms with van der Waals surface area (Å²) in [6, 6.07) is 0. The standard InChI is InChI=1S/C10H19NO6S/c1-8(10(14)17-3)7-11(2)18(15,16)6-4-5-9(12)13/h8H,4-7H2,1-3H3,(H,12,13). The molecule has 0 fully saturated rings. The molecule has 0 radical (unpaired) electrons. The first-order chi connectivity index (χ1) is 8.20. The van der Waals surface area contributed by atoms with Gasteiger partial charge in [0.15, 0.2) is 0 Å². The smallest absolute Gasteiger partial charge is 0.309 e. The van der Waals surface area contributed by atoms with E-state index in [-0.39, 0.29) is 25.1 Å². The molecule has 0 aliphatic heterocycles. The first kappa shape index (κ1) is 16.9. The van der Waals surface area contributed by atoms with Crippen molar-refractivity contribution in [2.24, 2.45) is 5.92 Å². The molecule has 0 saturated heterocycles. The number of ether oxygens (including phenoxy) is 1. The molecule has 0 aromatic rings. The van der Waals surface area contributed by atoms with Gasteiger partial charge in [-0.05, 0) is 6.42 Å². The van der Waals surface area contributed by atoms with E-state index in [9.17, 15) is 18.0 Å². The molecule has 8 heteroatoms. The van der Waals surface area contributed by atoms with Gasteiger partial charge in [-0.1, -0.05) is 6.92 Å². The number of rotatable bonds is 8. The highest BCUT2D eigenvalue weighted by atomic mass is 32.2. The van der Waals surface area contributed by atoms with Crippen molar-refractivity contribution >= 4 is 22.0 Å². The SMILES string of the molecule is COC(=O)C(C)CN(C)S(=O)(=O)CCCC(=O)O. The Morgan fingerprint density at radius 1 is 1.39 bits per heavy atom. The first-order valence-corrected chi connectivity index (χ1v) is 7.05. The van der Waals surface area contributed by atoms with Crippen molar-refractivity contribution in [2.45, 2.75) is 19.8 Å². The molecule has 0 rings (SSSR count). The number of sulfonamides is 1. The van der Waals surface area contributed by atoms with Crippen molar-refractivity contribution in [3.8, 4) is 0 Å². The highest BCUT2D eigenvalue weighted by Crippen LogP contribution is 2.07. The number of carboxylic acid groups (broad SMARTS) is 1. The summed E-state index contributed by atoms with van der Waals surface area (Å²) in [6.07, 6.45) is -0.145. The summed E-state index contributed by atoms with van der Waals surface area (Å²) in [6.45, 7) is 1.58. The molecule has 1 N–H and O–H groups in total. The van der Waals surface area contributed by atoms with Gasteiger partial charge >= 0.3 is 11.9 Å². The minimum absolute atomic E-state index is 0.0160. The number of carboxylic acids is 1. The normalized spacial score (nSPS) is 13.3. The lowest BCUT2D eigenvalue weighted by atomic mass is 10.2. The van der Waals surface area contributed by atoms with Crippen molar-refractivity contribution in [1.82, 2.24) is 4.31 Å². The number of methoxy groups -OCH3 is 1. The number of hydrogen-bond acceptors (Lipinski definition) is 5. The van der Waals surface area contributed by atoms with E-state index >= 15 is 0 Å². The van der Waals surface area contributed by atoms with E-state index in [4.69, 9.17) is 5.11 Å². The van der Waals surface area contributed by atoms with Crippen LogP contribution in [0.2, 0.25) is 0 Å². The third-order valence-corrected chi connectivity index (χ3v) is 4.31. The summed E-state index contributed by atoms with van der Waals surface area (Å²) in [5.74, 6) is -2.32. The average Bonchev–Trinajstić information content (AvgIpc) is 2.26. The van der Waals surface area contributed by atoms with Gasteiger partial charge < -0.3 is 9.84 Å². The molecule has 0 bridgehead atoms. The highest BCUT2D eigenvalue weighted by molar-refractivity contribution is 7.89. The minimum atomic E-state index is -3.53. The fourth-order valence-electron chi connectivity index (χ4n) is 1.34. The molecule has 106 valence electrons. The number of esters is 1. The molecule has 0 aromatic carbocycles. The maximum atomic E-state index is 11.7. The number of hydrogen-bond donors (Lipinski definition) is 1. The van der Waals surface area contributed by atoms with Crippen molar-refractivity contribution in [1.29, 1.82) is 0 Å². The summed E-state index contributed by atoms with van der Waals surface area (Å²) < 4.78 is 29.0. The Bertz CT molecular complexity index is 391. The van der Waals surface area contributed by atoms with Gasteiger partial charge in [-0.25, -0.2) is 12.7 Å². The summed E-state index contributed by atoms with van der Waals surface area (Å²) in [4.78, 5) is 21.4. The van der Waals surface area contributed by atoms with Crippen molar-refractivity contribution in [3.05, 3.63) is 0 Å². The van der Waals surface area contributed by atoms with E-state index < -0.39 is 27.9 Å². The molecular formula is C10H19NO6S. The summed E-state index contributed by atoms with van der Waals surface area (Å²) in [5.41, 5.74) is 0. The summed E-state index contributed by atoms with van der Waals surface area (Å²) in [7, 11) is -0.938. The lowest BCUT2D eigenvalue weighted by molar-refractivity contribution is -0.145. The Morgan fingerprint density at radius 3 is 2.39 bits per heavy atom. The number of carbonyl (C=O) groups is 2. The van der Waals surface area contributed by atoms with E-state index in [1.165, 1.54) is 14.2 Å². The first-order valence-electron chi connectivity index (χ1n) is 5.44. The zero-order valence-electron chi connectivity index (χ0n) is 10.7. The van der Waals surface area contributed by atoms with Gasteiger partial charge in [0.2, 0.25) is 10.0 Å². The van der Waals surface area contributed by atoms with Crippen molar-refractivity contribution in [3.63, 3.8) is 0 Å². The predicted molar refractivity (Wildman–Crippen MR) is 64.5 cm³/mol. The Kier molecular flexibility index (Phi) is 6.85. The molecule has 0 amide bonds. The van der Waals surface area contributed by atoms with Crippen LogP contribution in [0.15, 0.2) is 0 Å². The van der Waals surface area contributed by atoms with E-state index in [0.717, 1.165) is 4.31 Å². The van der Waals surface area contributed by atoms with E-state index in [1.54, 1.807) is 6.92 Å². The van der Waals surface area contributed by atoms with Gasteiger partial charge in [0.05, 0.1) is 18.8 Å². The monoisotopic (exact) mass is 281 g/mol. The Hall–Kier alpha value is -1.15. The molecule has 0 aliphatic rings. The van der Waals surface area contributed by atoms with Gasteiger partial charge in [-0.2, -0.15) is 0 Å². The molecule has 0 aliphatic carbocycles. The van der Waals surface area contributed by atoms with Gasteiger partial charge in [-0.15, -0.1) is 0 Å². The van der Waals surface area contributed by atoms with E-state index in [2.05, 4.69) is 4.74 Å². The van der Waals surface area contributed by atoms with Crippen LogP contribution in [-0.2, 0) is 24.3 Å². The predicted octanol–water partition coefficient (Wildman–Crippen LogP) is -0.0781. The van der Waals surface area contributed by atoms with Crippen LogP contribution < -0.4 is 0 Å². The average molecular weight is 281 g/mol. The van der Waals surface area contributed by atoms with E-state index in [0.29, 0.717) is 0 Å².